The molecule has 0 saturated carbocycles. The number of nitrogens with one attached hydrogen (secondary N) is 1. The van der Waals surface area contributed by atoms with Crippen LogP contribution in [0, 0.1) is 0 Å². The maximum Gasteiger partial charge on any atom is 0.193 e. The molecule has 0 fully saturated rings. The first kappa shape index (κ1) is 15.5. The summed E-state index contributed by atoms with van der Waals surface area (Å²) >= 11 is 0. The van der Waals surface area contributed by atoms with Crippen LogP contribution < -0.4 is 5.32 Å². The second-order valence-electron chi connectivity index (χ2n) is 4.84. The molecular weight excluding hydrogens is 234 g/mol. The average molecular weight is 261 g/mol. The van der Waals surface area contributed by atoms with E-state index in [2.05, 4.69) is 59.5 Å². The Bertz CT molecular complexity index is 360. The standard InChI is InChI=1S/C16H27N3/c1-4-5-14-19(3)16(17-2)18-13-9-12-15-10-7-6-8-11-15/h6-8,10-11H,4-5,9,12-14H2,1-3H3,(H,17,18). The lowest BCUT2D eigenvalue weighted by molar-refractivity contribution is 0.464. The quantitative estimate of drug-likeness (QED) is 0.464. The molecule has 0 radical (unpaired) electrons. The highest BCUT2D eigenvalue weighted by Crippen LogP contribution is 2.01. The third-order valence-electron chi connectivity index (χ3n) is 3.19. The Labute approximate surface area is 117 Å². The van der Waals surface area contributed by atoms with Gasteiger partial charge in [0.15, 0.2) is 5.96 Å². The molecule has 1 N–H and O–H groups in total. The van der Waals surface area contributed by atoms with Crippen molar-refractivity contribution in [2.45, 2.75) is 32.6 Å². The number of aliphatic imine (C=N–C) groups is 1. The molecule has 3 heteroatoms. The maximum absolute atomic E-state index is 4.32. The van der Waals surface area contributed by atoms with Crippen LogP contribution in [0.2, 0.25) is 0 Å². The Kier molecular flexibility index (Phi) is 7.71. The highest BCUT2D eigenvalue weighted by atomic mass is 15.3. The highest BCUT2D eigenvalue weighted by Gasteiger charge is 2.03. The third kappa shape index (κ3) is 6.27. The molecule has 1 aromatic carbocycles. The summed E-state index contributed by atoms with van der Waals surface area (Å²) in [6.45, 7) is 4.25. The van der Waals surface area contributed by atoms with Crippen LogP contribution >= 0.6 is 0 Å². The van der Waals surface area contributed by atoms with Crippen molar-refractivity contribution in [3.8, 4) is 0 Å². The minimum atomic E-state index is 0.970. The molecule has 0 unspecified atom stereocenters. The van der Waals surface area contributed by atoms with Gasteiger partial charge in [0.2, 0.25) is 0 Å². The number of aryl methyl sites for hydroxylation is 1. The second kappa shape index (κ2) is 9.42. The largest absolute Gasteiger partial charge is 0.356 e. The molecule has 0 bridgehead atoms. The number of hydrogen-bond acceptors (Lipinski definition) is 1. The van der Waals surface area contributed by atoms with Gasteiger partial charge in [-0.1, -0.05) is 43.7 Å². The van der Waals surface area contributed by atoms with Crippen LogP contribution in [0.4, 0.5) is 0 Å². The topological polar surface area (TPSA) is 27.6 Å². The van der Waals surface area contributed by atoms with Crippen LogP contribution in [0.15, 0.2) is 35.3 Å². The van der Waals surface area contributed by atoms with Gasteiger partial charge in [0, 0.05) is 27.2 Å². The summed E-state index contributed by atoms with van der Waals surface area (Å²) in [5, 5.41) is 3.42. The lowest BCUT2D eigenvalue weighted by Crippen LogP contribution is -2.39. The van der Waals surface area contributed by atoms with E-state index in [1.165, 1.54) is 18.4 Å². The molecule has 0 spiro atoms. The summed E-state index contributed by atoms with van der Waals surface area (Å²) in [6, 6.07) is 10.6. The minimum Gasteiger partial charge on any atom is -0.356 e. The van der Waals surface area contributed by atoms with Gasteiger partial charge in [-0.15, -0.1) is 0 Å². The highest BCUT2D eigenvalue weighted by molar-refractivity contribution is 5.79. The lowest BCUT2D eigenvalue weighted by Gasteiger charge is -2.21. The number of unbranched alkanes of at least 4 members (excludes halogenated alkanes) is 1. The normalized spacial score (nSPS) is 11.4. The minimum absolute atomic E-state index is 0.970. The van der Waals surface area contributed by atoms with Crippen LogP contribution in [0.1, 0.15) is 31.7 Å². The van der Waals surface area contributed by atoms with Gasteiger partial charge in [0.05, 0.1) is 0 Å². The monoisotopic (exact) mass is 261 g/mol. The van der Waals surface area contributed by atoms with Crippen LogP contribution in [0.25, 0.3) is 0 Å². The van der Waals surface area contributed by atoms with Crippen molar-refractivity contribution in [2.75, 3.05) is 27.2 Å². The summed E-state index contributed by atoms with van der Waals surface area (Å²) in [6.07, 6.45) is 4.67. The molecule has 0 saturated heterocycles. The smallest absolute Gasteiger partial charge is 0.193 e. The van der Waals surface area contributed by atoms with Gasteiger partial charge in [0.1, 0.15) is 0 Å². The zero-order chi connectivity index (χ0) is 13.9. The fourth-order valence-electron chi connectivity index (χ4n) is 2.02. The van der Waals surface area contributed by atoms with Crippen molar-refractivity contribution in [2.24, 2.45) is 4.99 Å². The van der Waals surface area contributed by atoms with Crippen LogP contribution in [0.3, 0.4) is 0 Å². The zero-order valence-electron chi connectivity index (χ0n) is 12.5. The Balaban J connectivity index is 2.23. The molecule has 1 rings (SSSR count). The SMILES string of the molecule is CCCCN(C)C(=NC)NCCCc1ccccc1. The van der Waals surface area contributed by atoms with Crippen LogP contribution in [-0.2, 0) is 6.42 Å². The molecule has 0 amide bonds. The molecule has 0 atom stereocenters. The number of hydrogen-bond donors (Lipinski definition) is 1. The molecule has 0 heterocycles. The van der Waals surface area contributed by atoms with Crippen molar-refractivity contribution in [1.29, 1.82) is 0 Å². The molecule has 106 valence electrons. The van der Waals surface area contributed by atoms with Gasteiger partial charge in [0.25, 0.3) is 0 Å². The van der Waals surface area contributed by atoms with E-state index >= 15 is 0 Å². The van der Waals surface area contributed by atoms with Crippen LogP contribution in [0.5, 0.6) is 0 Å². The van der Waals surface area contributed by atoms with Crippen molar-refractivity contribution >= 4 is 5.96 Å². The second-order valence-corrected chi connectivity index (χ2v) is 4.84. The zero-order valence-corrected chi connectivity index (χ0v) is 12.5. The fourth-order valence-corrected chi connectivity index (χ4v) is 2.02. The van der Waals surface area contributed by atoms with Gasteiger partial charge in [-0.05, 0) is 24.8 Å². The first-order chi connectivity index (χ1) is 9.27. The first-order valence-electron chi connectivity index (χ1n) is 7.23. The molecule has 1 aromatic rings. The number of benzene rings is 1. The number of nitrogens with zero attached hydrogens (tertiary/aromatic N) is 2. The van der Waals surface area contributed by atoms with Crippen LogP contribution in [-0.4, -0.2) is 38.0 Å². The Morgan fingerprint density at radius 3 is 2.58 bits per heavy atom. The van der Waals surface area contributed by atoms with Gasteiger partial charge < -0.3 is 10.2 Å². The Morgan fingerprint density at radius 1 is 1.21 bits per heavy atom. The van der Waals surface area contributed by atoms with Crippen molar-refractivity contribution in [1.82, 2.24) is 10.2 Å². The summed E-state index contributed by atoms with van der Waals surface area (Å²) in [5.41, 5.74) is 1.40. The summed E-state index contributed by atoms with van der Waals surface area (Å²) in [5.74, 6) is 1.00. The number of rotatable bonds is 7. The van der Waals surface area contributed by atoms with E-state index in [1.807, 2.05) is 7.05 Å². The van der Waals surface area contributed by atoms with Crippen molar-refractivity contribution in [3.05, 3.63) is 35.9 Å². The van der Waals surface area contributed by atoms with Gasteiger partial charge >= 0.3 is 0 Å². The van der Waals surface area contributed by atoms with E-state index in [-0.39, 0.29) is 0 Å². The molecule has 0 aliphatic heterocycles. The van der Waals surface area contributed by atoms with E-state index in [9.17, 15) is 0 Å². The average Bonchev–Trinajstić information content (AvgIpc) is 2.46. The van der Waals surface area contributed by atoms with Crippen molar-refractivity contribution < 1.29 is 0 Å². The van der Waals surface area contributed by atoms with E-state index in [1.54, 1.807) is 0 Å². The predicted molar refractivity (Wildman–Crippen MR) is 83.7 cm³/mol. The van der Waals surface area contributed by atoms with E-state index < -0.39 is 0 Å². The fraction of sp³-hybridized carbons (Fsp3) is 0.562. The van der Waals surface area contributed by atoms with E-state index in [4.69, 9.17) is 0 Å². The predicted octanol–water partition coefficient (Wildman–Crippen LogP) is 2.93. The summed E-state index contributed by atoms with van der Waals surface area (Å²) in [7, 11) is 3.95. The van der Waals surface area contributed by atoms with Gasteiger partial charge in [-0.2, -0.15) is 0 Å². The van der Waals surface area contributed by atoms with Gasteiger partial charge in [-0.3, -0.25) is 4.99 Å². The maximum atomic E-state index is 4.32. The summed E-state index contributed by atoms with van der Waals surface area (Å²) < 4.78 is 0. The lowest BCUT2D eigenvalue weighted by atomic mass is 10.1. The molecule has 19 heavy (non-hydrogen) atoms. The first-order valence-corrected chi connectivity index (χ1v) is 7.23. The molecule has 3 nitrogen and oxygen atoms in total. The van der Waals surface area contributed by atoms with Gasteiger partial charge in [-0.25, -0.2) is 0 Å². The molecular formula is C16H27N3. The summed E-state index contributed by atoms with van der Waals surface area (Å²) in [4.78, 5) is 6.52. The molecule has 0 aromatic heterocycles. The Morgan fingerprint density at radius 2 is 1.95 bits per heavy atom. The van der Waals surface area contributed by atoms with E-state index in [0.29, 0.717) is 0 Å². The van der Waals surface area contributed by atoms with E-state index in [0.717, 1.165) is 31.9 Å². The third-order valence-corrected chi connectivity index (χ3v) is 3.19. The Hall–Kier alpha value is -1.51. The van der Waals surface area contributed by atoms with Crippen molar-refractivity contribution in [3.63, 3.8) is 0 Å². The number of guanidine groups is 1. The molecule has 0 aliphatic rings. The molecule has 0 aliphatic carbocycles.